The fourth-order valence-corrected chi connectivity index (χ4v) is 5.16. The molecule has 3 aliphatic heterocycles. The van der Waals surface area contributed by atoms with Crippen LogP contribution in [-0.4, -0.2) is 67.3 Å². The SMILES string of the molecule is COc1cccc(C2CC(c3cc(C)ccc3C)=NN2C(=O)CN2CCC3(CC2)OCCO3)c1. The monoisotopic (exact) mass is 463 g/mol. The molecule has 1 amide bonds. The maximum absolute atomic E-state index is 13.6. The Balaban J connectivity index is 1.38. The Labute approximate surface area is 201 Å². The molecule has 0 aliphatic carbocycles. The quantitative estimate of drug-likeness (QED) is 0.675. The Kier molecular flexibility index (Phi) is 6.42. The lowest BCUT2D eigenvalue weighted by atomic mass is 9.95. The number of carbonyl (C=O) groups excluding carboxylic acids is 1. The fraction of sp³-hybridized carbons (Fsp3) is 0.481. The molecule has 34 heavy (non-hydrogen) atoms. The molecule has 2 aromatic carbocycles. The van der Waals surface area contributed by atoms with Crippen LogP contribution < -0.4 is 4.74 Å². The van der Waals surface area contributed by atoms with Crippen LogP contribution in [0, 0.1) is 13.8 Å². The van der Waals surface area contributed by atoms with Crippen LogP contribution in [0.25, 0.3) is 0 Å². The van der Waals surface area contributed by atoms with Crippen molar-refractivity contribution in [1.29, 1.82) is 0 Å². The predicted octanol–water partition coefficient (Wildman–Crippen LogP) is 3.83. The highest BCUT2D eigenvalue weighted by Gasteiger charge is 2.41. The standard InChI is InChI=1S/C27H33N3O4/c1-19-7-8-20(2)23(15-19)24-17-25(21-5-4-6-22(16-21)32-3)30(28-24)26(31)18-29-11-9-27(10-12-29)33-13-14-34-27/h4-8,15-16,25H,9-14,17-18H2,1-3H3. The van der Waals surface area contributed by atoms with E-state index in [9.17, 15) is 4.79 Å². The Morgan fingerprint density at radius 2 is 1.88 bits per heavy atom. The van der Waals surface area contributed by atoms with Crippen molar-refractivity contribution < 1.29 is 19.0 Å². The van der Waals surface area contributed by atoms with Crippen molar-refractivity contribution in [1.82, 2.24) is 9.91 Å². The minimum absolute atomic E-state index is 0.0114. The number of rotatable bonds is 5. The van der Waals surface area contributed by atoms with E-state index in [-0.39, 0.29) is 11.9 Å². The number of piperidine rings is 1. The van der Waals surface area contributed by atoms with Crippen LogP contribution in [0.1, 0.15) is 47.6 Å². The van der Waals surface area contributed by atoms with E-state index in [1.54, 1.807) is 12.1 Å². The van der Waals surface area contributed by atoms with Gasteiger partial charge in [0, 0.05) is 37.9 Å². The first kappa shape index (κ1) is 23.0. The largest absolute Gasteiger partial charge is 0.497 e. The van der Waals surface area contributed by atoms with Gasteiger partial charge in [0.05, 0.1) is 38.6 Å². The van der Waals surface area contributed by atoms with Gasteiger partial charge in [-0.2, -0.15) is 5.10 Å². The van der Waals surface area contributed by atoms with Gasteiger partial charge in [-0.05, 0) is 43.2 Å². The van der Waals surface area contributed by atoms with Crippen LogP contribution in [0.2, 0.25) is 0 Å². The maximum Gasteiger partial charge on any atom is 0.257 e. The highest BCUT2D eigenvalue weighted by molar-refractivity contribution is 6.04. The summed E-state index contributed by atoms with van der Waals surface area (Å²) in [7, 11) is 1.66. The number of methoxy groups -OCH3 is 1. The number of likely N-dealkylation sites (tertiary alicyclic amines) is 1. The maximum atomic E-state index is 13.6. The summed E-state index contributed by atoms with van der Waals surface area (Å²) in [5.41, 5.74) is 5.44. The first-order valence-electron chi connectivity index (χ1n) is 12.1. The Morgan fingerprint density at radius 1 is 1.12 bits per heavy atom. The number of nitrogens with zero attached hydrogens (tertiary/aromatic N) is 3. The van der Waals surface area contributed by atoms with E-state index in [4.69, 9.17) is 19.3 Å². The van der Waals surface area contributed by atoms with E-state index < -0.39 is 5.79 Å². The molecule has 7 nitrogen and oxygen atoms in total. The summed E-state index contributed by atoms with van der Waals surface area (Å²) < 4.78 is 17.1. The van der Waals surface area contributed by atoms with Gasteiger partial charge in [0.25, 0.3) is 5.91 Å². The van der Waals surface area contributed by atoms with Crippen LogP contribution in [0.15, 0.2) is 47.6 Å². The van der Waals surface area contributed by atoms with Crippen molar-refractivity contribution in [2.75, 3.05) is 40.0 Å². The van der Waals surface area contributed by atoms with Gasteiger partial charge >= 0.3 is 0 Å². The lowest BCUT2D eigenvalue weighted by Gasteiger charge is -2.37. The lowest BCUT2D eigenvalue weighted by molar-refractivity contribution is -0.186. The molecule has 3 aliphatic rings. The summed E-state index contributed by atoms with van der Waals surface area (Å²) in [6.07, 6.45) is 2.25. The van der Waals surface area contributed by atoms with Crippen molar-refractivity contribution in [2.24, 2.45) is 5.10 Å². The lowest BCUT2D eigenvalue weighted by Crippen LogP contribution is -2.48. The van der Waals surface area contributed by atoms with Gasteiger partial charge in [-0.1, -0.05) is 29.8 Å². The normalized spacial score (nSPS) is 22.3. The minimum atomic E-state index is -0.440. The third kappa shape index (κ3) is 4.60. The first-order chi connectivity index (χ1) is 16.5. The number of hydrogen-bond acceptors (Lipinski definition) is 6. The summed E-state index contributed by atoms with van der Waals surface area (Å²) >= 11 is 0. The number of benzene rings is 2. The second kappa shape index (κ2) is 9.49. The molecule has 2 saturated heterocycles. The Hall–Kier alpha value is -2.74. The summed E-state index contributed by atoms with van der Waals surface area (Å²) in [5, 5.41) is 6.59. The van der Waals surface area contributed by atoms with Gasteiger partial charge in [-0.15, -0.1) is 0 Å². The molecule has 2 fully saturated rings. The molecule has 7 heteroatoms. The van der Waals surface area contributed by atoms with E-state index in [1.165, 1.54) is 11.1 Å². The summed E-state index contributed by atoms with van der Waals surface area (Å²) in [6.45, 7) is 7.38. The molecule has 2 aromatic rings. The van der Waals surface area contributed by atoms with Crippen molar-refractivity contribution in [2.45, 2.75) is 44.9 Å². The van der Waals surface area contributed by atoms with Crippen LogP contribution in [0.3, 0.4) is 0 Å². The number of hydrogen-bond donors (Lipinski definition) is 0. The number of carbonyl (C=O) groups is 1. The molecule has 3 heterocycles. The smallest absolute Gasteiger partial charge is 0.257 e. The molecule has 180 valence electrons. The van der Waals surface area contributed by atoms with Crippen molar-refractivity contribution in [3.05, 3.63) is 64.7 Å². The Bertz CT molecular complexity index is 1080. The van der Waals surface area contributed by atoms with E-state index in [1.807, 2.05) is 18.2 Å². The second-order valence-corrected chi connectivity index (χ2v) is 9.48. The van der Waals surface area contributed by atoms with Crippen LogP contribution in [0.5, 0.6) is 5.75 Å². The van der Waals surface area contributed by atoms with Gasteiger partial charge in [0.2, 0.25) is 0 Å². The van der Waals surface area contributed by atoms with Crippen molar-refractivity contribution in [3.8, 4) is 5.75 Å². The van der Waals surface area contributed by atoms with Crippen LogP contribution in [-0.2, 0) is 14.3 Å². The third-order valence-corrected chi connectivity index (χ3v) is 7.14. The average molecular weight is 464 g/mol. The molecular formula is C27H33N3O4. The van der Waals surface area contributed by atoms with Gasteiger partial charge < -0.3 is 14.2 Å². The van der Waals surface area contributed by atoms with Crippen LogP contribution in [0.4, 0.5) is 0 Å². The second-order valence-electron chi connectivity index (χ2n) is 9.48. The molecule has 0 saturated carbocycles. The summed E-state index contributed by atoms with van der Waals surface area (Å²) in [4.78, 5) is 15.8. The Morgan fingerprint density at radius 3 is 2.62 bits per heavy atom. The van der Waals surface area contributed by atoms with Crippen LogP contribution >= 0.6 is 0 Å². The molecule has 1 spiro atoms. The summed E-state index contributed by atoms with van der Waals surface area (Å²) in [5.74, 6) is 0.352. The molecule has 0 radical (unpaired) electrons. The highest BCUT2D eigenvalue weighted by Crippen LogP contribution is 2.36. The number of aryl methyl sites for hydroxylation is 2. The van der Waals surface area contributed by atoms with Crippen molar-refractivity contribution in [3.63, 3.8) is 0 Å². The number of ether oxygens (including phenoxy) is 3. The minimum Gasteiger partial charge on any atom is -0.497 e. The van der Waals surface area contributed by atoms with Gasteiger partial charge in [0.1, 0.15) is 5.75 Å². The molecule has 1 unspecified atom stereocenters. The van der Waals surface area contributed by atoms with Gasteiger partial charge in [-0.25, -0.2) is 5.01 Å². The van der Waals surface area contributed by atoms with E-state index in [0.29, 0.717) is 26.2 Å². The number of amides is 1. The zero-order valence-corrected chi connectivity index (χ0v) is 20.3. The third-order valence-electron chi connectivity index (χ3n) is 7.14. The van der Waals surface area contributed by atoms with E-state index >= 15 is 0 Å². The molecule has 0 N–H and O–H groups in total. The first-order valence-corrected chi connectivity index (χ1v) is 12.1. The zero-order valence-electron chi connectivity index (χ0n) is 20.3. The molecular weight excluding hydrogens is 430 g/mol. The molecule has 0 bridgehead atoms. The van der Waals surface area contributed by atoms with Gasteiger partial charge in [0.15, 0.2) is 5.79 Å². The average Bonchev–Trinajstić information content (AvgIpc) is 3.50. The zero-order chi connectivity index (χ0) is 23.7. The predicted molar refractivity (Wildman–Crippen MR) is 130 cm³/mol. The van der Waals surface area contributed by atoms with Crippen molar-refractivity contribution >= 4 is 11.6 Å². The summed E-state index contributed by atoms with van der Waals surface area (Å²) in [6, 6.07) is 14.2. The van der Waals surface area contributed by atoms with E-state index in [2.05, 4.69) is 43.0 Å². The fourth-order valence-electron chi connectivity index (χ4n) is 5.16. The van der Waals surface area contributed by atoms with Gasteiger partial charge in [-0.3, -0.25) is 9.69 Å². The molecule has 5 rings (SSSR count). The highest BCUT2D eigenvalue weighted by atomic mass is 16.7. The molecule has 1 atom stereocenters. The number of hydrazone groups is 1. The molecule has 0 aromatic heterocycles. The van der Waals surface area contributed by atoms with E-state index in [0.717, 1.165) is 48.5 Å². The topological polar surface area (TPSA) is 63.6 Å².